The Hall–Kier alpha value is -0.0800. The van der Waals surface area contributed by atoms with Gasteiger partial charge < -0.3 is 10.6 Å². The Labute approximate surface area is 87.8 Å². The highest BCUT2D eigenvalue weighted by Crippen LogP contribution is 2.45. The van der Waals surface area contributed by atoms with Gasteiger partial charge >= 0.3 is 0 Å². The lowest BCUT2D eigenvalue weighted by molar-refractivity contribution is 0.108. The number of piperidine rings is 1. The summed E-state index contributed by atoms with van der Waals surface area (Å²) in [6.07, 6.45) is 10.1. The summed E-state index contributed by atoms with van der Waals surface area (Å²) in [6.45, 7) is 4.74. The zero-order chi connectivity index (χ0) is 9.86. The highest BCUT2D eigenvalue weighted by atomic mass is 15.1. The Bertz CT molecular complexity index is 163. The monoisotopic (exact) mass is 196 g/mol. The summed E-state index contributed by atoms with van der Waals surface area (Å²) < 4.78 is 0. The molecule has 0 aromatic rings. The predicted molar refractivity (Wildman–Crippen MR) is 60.2 cm³/mol. The number of nitrogens with two attached hydrogens (primary N) is 1. The summed E-state index contributed by atoms with van der Waals surface area (Å²) in [4.78, 5) is 2.61. The van der Waals surface area contributed by atoms with E-state index in [4.69, 9.17) is 5.73 Å². The Balaban J connectivity index is 1.74. The Morgan fingerprint density at radius 2 is 1.64 bits per heavy atom. The van der Waals surface area contributed by atoms with Crippen molar-refractivity contribution in [1.82, 2.24) is 4.90 Å². The standard InChI is InChI=1S/C12H24N2/c13-8-3-9-14-10-6-12(7-11-14)4-1-2-5-12/h1-11,13H2. The lowest BCUT2D eigenvalue weighted by Gasteiger charge is -2.39. The van der Waals surface area contributed by atoms with Gasteiger partial charge in [0.1, 0.15) is 0 Å². The van der Waals surface area contributed by atoms with Crippen molar-refractivity contribution in [2.75, 3.05) is 26.2 Å². The van der Waals surface area contributed by atoms with Gasteiger partial charge in [-0.05, 0) is 63.7 Å². The maximum Gasteiger partial charge on any atom is -0.000671 e. The lowest BCUT2D eigenvalue weighted by Crippen LogP contribution is -2.39. The van der Waals surface area contributed by atoms with Gasteiger partial charge in [-0.1, -0.05) is 12.8 Å². The third-order valence-electron chi connectivity index (χ3n) is 4.26. The number of nitrogens with zero attached hydrogens (tertiary/aromatic N) is 1. The molecule has 0 aromatic carbocycles. The second kappa shape index (κ2) is 4.63. The van der Waals surface area contributed by atoms with Crippen molar-refractivity contribution in [3.8, 4) is 0 Å². The molecule has 14 heavy (non-hydrogen) atoms. The molecule has 1 saturated heterocycles. The van der Waals surface area contributed by atoms with Gasteiger partial charge in [0.15, 0.2) is 0 Å². The van der Waals surface area contributed by atoms with E-state index in [2.05, 4.69) is 4.90 Å². The molecule has 0 aromatic heterocycles. The molecule has 1 saturated carbocycles. The quantitative estimate of drug-likeness (QED) is 0.748. The van der Waals surface area contributed by atoms with Crippen LogP contribution in [0.4, 0.5) is 0 Å². The molecule has 0 amide bonds. The van der Waals surface area contributed by atoms with Crippen LogP contribution in [0.2, 0.25) is 0 Å². The predicted octanol–water partition coefficient (Wildman–Crippen LogP) is 1.99. The molecule has 2 rings (SSSR count). The van der Waals surface area contributed by atoms with E-state index in [0.29, 0.717) is 0 Å². The molecule has 0 radical (unpaired) electrons. The normalized spacial score (nSPS) is 27.2. The topological polar surface area (TPSA) is 29.3 Å². The minimum absolute atomic E-state index is 0.777. The van der Waals surface area contributed by atoms with Crippen molar-refractivity contribution in [2.45, 2.75) is 44.9 Å². The lowest BCUT2D eigenvalue weighted by atomic mass is 9.77. The molecule has 2 heteroatoms. The van der Waals surface area contributed by atoms with Crippen molar-refractivity contribution in [3.63, 3.8) is 0 Å². The van der Waals surface area contributed by atoms with Crippen molar-refractivity contribution < 1.29 is 0 Å². The van der Waals surface area contributed by atoms with Crippen LogP contribution >= 0.6 is 0 Å². The van der Waals surface area contributed by atoms with Crippen molar-refractivity contribution in [2.24, 2.45) is 11.1 Å². The molecular weight excluding hydrogens is 172 g/mol. The second-order valence-electron chi connectivity index (χ2n) is 5.19. The average molecular weight is 196 g/mol. The Morgan fingerprint density at radius 3 is 2.21 bits per heavy atom. The smallest absolute Gasteiger partial charge is 0.000671 e. The average Bonchev–Trinajstić information content (AvgIpc) is 2.66. The van der Waals surface area contributed by atoms with Crippen LogP contribution in [-0.4, -0.2) is 31.1 Å². The molecule has 0 unspecified atom stereocenters. The van der Waals surface area contributed by atoms with Gasteiger partial charge in [0.2, 0.25) is 0 Å². The maximum absolute atomic E-state index is 5.53. The van der Waals surface area contributed by atoms with E-state index in [1.54, 1.807) is 0 Å². The van der Waals surface area contributed by atoms with E-state index >= 15 is 0 Å². The highest BCUT2D eigenvalue weighted by Gasteiger charge is 2.36. The Morgan fingerprint density at radius 1 is 1.00 bits per heavy atom. The van der Waals surface area contributed by atoms with Crippen molar-refractivity contribution >= 4 is 0 Å². The first-order valence-corrected chi connectivity index (χ1v) is 6.27. The number of hydrogen-bond acceptors (Lipinski definition) is 2. The summed E-state index contributed by atoms with van der Waals surface area (Å²) in [7, 11) is 0. The van der Waals surface area contributed by atoms with Crippen LogP contribution in [0.5, 0.6) is 0 Å². The van der Waals surface area contributed by atoms with Crippen molar-refractivity contribution in [1.29, 1.82) is 0 Å². The fourth-order valence-corrected chi connectivity index (χ4v) is 3.19. The van der Waals surface area contributed by atoms with Gasteiger partial charge in [0, 0.05) is 0 Å². The van der Waals surface area contributed by atoms with Crippen LogP contribution in [0.3, 0.4) is 0 Å². The van der Waals surface area contributed by atoms with Crippen LogP contribution in [0.25, 0.3) is 0 Å². The van der Waals surface area contributed by atoms with E-state index in [1.165, 1.54) is 64.6 Å². The first-order chi connectivity index (χ1) is 6.85. The molecule has 82 valence electrons. The minimum atomic E-state index is 0.777. The van der Waals surface area contributed by atoms with Gasteiger partial charge in [-0.3, -0.25) is 0 Å². The molecule has 2 aliphatic rings. The van der Waals surface area contributed by atoms with E-state index in [-0.39, 0.29) is 0 Å². The van der Waals surface area contributed by atoms with Gasteiger partial charge in [-0.25, -0.2) is 0 Å². The molecule has 1 aliphatic heterocycles. The molecule has 1 heterocycles. The number of hydrogen-bond donors (Lipinski definition) is 1. The summed E-state index contributed by atoms with van der Waals surface area (Å²) in [5, 5.41) is 0. The van der Waals surface area contributed by atoms with Crippen LogP contribution in [-0.2, 0) is 0 Å². The third-order valence-corrected chi connectivity index (χ3v) is 4.26. The van der Waals surface area contributed by atoms with Crippen LogP contribution in [0.15, 0.2) is 0 Å². The zero-order valence-electron chi connectivity index (χ0n) is 9.30. The summed E-state index contributed by atoms with van der Waals surface area (Å²) in [5.41, 5.74) is 6.31. The Kier molecular flexibility index (Phi) is 3.45. The summed E-state index contributed by atoms with van der Waals surface area (Å²) >= 11 is 0. The van der Waals surface area contributed by atoms with Crippen LogP contribution in [0.1, 0.15) is 44.9 Å². The summed E-state index contributed by atoms with van der Waals surface area (Å²) in [6, 6.07) is 0. The second-order valence-corrected chi connectivity index (χ2v) is 5.19. The third kappa shape index (κ3) is 2.29. The summed E-state index contributed by atoms with van der Waals surface area (Å²) in [5.74, 6) is 0. The van der Waals surface area contributed by atoms with E-state index in [9.17, 15) is 0 Å². The number of rotatable bonds is 3. The molecule has 2 fully saturated rings. The molecule has 1 spiro atoms. The molecular formula is C12H24N2. The van der Waals surface area contributed by atoms with Crippen molar-refractivity contribution in [3.05, 3.63) is 0 Å². The highest BCUT2D eigenvalue weighted by molar-refractivity contribution is 4.89. The first kappa shape index (κ1) is 10.4. The molecule has 2 N–H and O–H groups in total. The maximum atomic E-state index is 5.53. The van der Waals surface area contributed by atoms with Gasteiger partial charge in [-0.15, -0.1) is 0 Å². The van der Waals surface area contributed by atoms with E-state index in [1.807, 2.05) is 0 Å². The van der Waals surface area contributed by atoms with Crippen LogP contribution < -0.4 is 5.73 Å². The van der Waals surface area contributed by atoms with E-state index < -0.39 is 0 Å². The van der Waals surface area contributed by atoms with E-state index in [0.717, 1.165) is 12.0 Å². The fourth-order valence-electron chi connectivity index (χ4n) is 3.19. The largest absolute Gasteiger partial charge is 0.330 e. The fraction of sp³-hybridized carbons (Fsp3) is 1.00. The zero-order valence-corrected chi connectivity index (χ0v) is 9.30. The van der Waals surface area contributed by atoms with Gasteiger partial charge in [0.05, 0.1) is 0 Å². The molecule has 0 atom stereocenters. The molecule has 2 nitrogen and oxygen atoms in total. The van der Waals surface area contributed by atoms with Gasteiger partial charge in [-0.2, -0.15) is 0 Å². The minimum Gasteiger partial charge on any atom is -0.330 e. The molecule has 1 aliphatic carbocycles. The molecule has 0 bridgehead atoms. The van der Waals surface area contributed by atoms with Crippen LogP contribution in [0, 0.1) is 5.41 Å². The first-order valence-electron chi connectivity index (χ1n) is 6.27. The number of likely N-dealkylation sites (tertiary alicyclic amines) is 1. The van der Waals surface area contributed by atoms with Gasteiger partial charge in [0.25, 0.3) is 0 Å². The SMILES string of the molecule is NCCCN1CCC2(CCCC2)CC1.